The van der Waals surface area contributed by atoms with E-state index in [1.807, 2.05) is 6.92 Å². The molecule has 2 aliphatic heterocycles. The molecule has 16 heavy (non-hydrogen) atoms. The number of nitrogens with zero attached hydrogens (tertiary/aromatic N) is 1. The first-order chi connectivity index (χ1) is 7.67. The van der Waals surface area contributed by atoms with Crippen LogP contribution in [0.2, 0.25) is 0 Å². The van der Waals surface area contributed by atoms with Gasteiger partial charge in [0.05, 0.1) is 6.04 Å². The molecule has 2 heterocycles. The lowest BCUT2D eigenvalue weighted by Gasteiger charge is -2.41. The van der Waals surface area contributed by atoms with Gasteiger partial charge in [0.2, 0.25) is 5.91 Å². The van der Waals surface area contributed by atoms with Gasteiger partial charge in [0.25, 0.3) is 0 Å². The maximum Gasteiger partial charge on any atom is 0.240 e. The molecule has 0 aromatic rings. The Bertz CT molecular complexity index is 262. The zero-order valence-electron chi connectivity index (χ0n) is 10.3. The molecule has 0 aliphatic carbocycles. The number of likely N-dealkylation sites (N-methyl/N-ethyl adjacent to an activating group) is 1. The maximum absolute atomic E-state index is 12.2. The lowest BCUT2D eigenvalue weighted by atomic mass is 9.90. The molecule has 0 saturated carbocycles. The predicted octanol–water partition coefficient (Wildman–Crippen LogP) is 0.766. The van der Waals surface area contributed by atoms with Crippen LogP contribution in [0.1, 0.15) is 33.1 Å². The predicted molar refractivity (Wildman–Crippen MR) is 62.3 cm³/mol. The van der Waals surface area contributed by atoms with Crippen molar-refractivity contribution in [1.29, 1.82) is 0 Å². The number of ether oxygens (including phenoxy) is 1. The third-order valence-corrected chi connectivity index (χ3v) is 3.88. The number of carbonyl (C=O) groups is 1. The summed E-state index contributed by atoms with van der Waals surface area (Å²) >= 11 is 0. The first kappa shape index (κ1) is 11.9. The van der Waals surface area contributed by atoms with E-state index in [1.165, 1.54) is 0 Å². The fourth-order valence-electron chi connectivity index (χ4n) is 2.73. The van der Waals surface area contributed by atoms with Crippen molar-refractivity contribution in [2.45, 2.75) is 44.7 Å². The quantitative estimate of drug-likeness (QED) is 0.772. The Morgan fingerprint density at radius 2 is 2.19 bits per heavy atom. The van der Waals surface area contributed by atoms with Gasteiger partial charge in [0, 0.05) is 25.3 Å². The van der Waals surface area contributed by atoms with E-state index in [-0.39, 0.29) is 17.5 Å². The van der Waals surface area contributed by atoms with Crippen LogP contribution >= 0.6 is 0 Å². The van der Waals surface area contributed by atoms with Gasteiger partial charge in [0.15, 0.2) is 0 Å². The van der Waals surface area contributed by atoms with Crippen molar-refractivity contribution in [3.05, 3.63) is 0 Å². The number of hydrogen-bond donors (Lipinski definition) is 1. The largest absolute Gasteiger partial charge is 0.381 e. The number of hydrogen-bond acceptors (Lipinski definition) is 3. The average Bonchev–Trinajstić information content (AvgIpc) is 2.63. The van der Waals surface area contributed by atoms with Crippen LogP contribution in [0.3, 0.4) is 0 Å². The Kier molecular flexibility index (Phi) is 3.50. The molecule has 0 aromatic carbocycles. The van der Waals surface area contributed by atoms with Crippen LogP contribution in [-0.2, 0) is 9.53 Å². The van der Waals surface area contributed by atoms with Crippen molar-refractivity contribution in [2.24, 2.45) is 0 Å². The SMILES string of the molecule is CCNC1CCN(C2(C)CCOCC2)C1=O. The summed E-state index contributed by atoms with van der Waals surface area (Å²) in [5.41, 5.74) is 0.0273. The minimum Gasteiger partial charge on any atom is -0.381 e. The molecule has 4 heteroatoms. The fraction of sp³-hybridized carbons (Fsp3) is 0.917. The lowest BCUT2D eigenvalue weighted by molar-refractivity contribution is -0.137. The van der Waals surface area contributed by atoms with E-state index >= 15 is 0 Å². The van der Waals surface area contributed by atoms with Crippen molar-refractivity contribution in [3.8, 4) is 0 Å². The van der Waals surface area contributed by atoms with Gasteiger partial charge in [-0.15, -0.1) is 0 Å². The third-order valence-electron chi connectivity index (χ3n) is 3.88. The Morgan fingerprint density at radius 1 is 1.50 bits per heavy atom. The molecule has 2 rings (SSSR count). The van der Waals surface area contributed by atoms with Crippen LogP contribution in [0, 0.1) is 0 Å². The normalized spacial score (nSPS) is 29.8. The Balaban J connectivity index is 2.02. The summed E-state index contributed by atoms with van der Waals surface area (Å²) in [5, 5.41) is 3.26. The number of amides is 1. The molecule has 0 bridgehead atoms. The average molecular weight is 226 g/mol. The standard InChI is InChI=1S/C12H22N2O2/c1-3-13-10-4-7-14(11(10)15)12(2)5-8-16-9-6-12/h10,13H,3-9H2,1-2H3. The minimum atomic E-state index is 0.0273. The molecule has 1 unspecified atom stereocenters. The van der Waals surface area contributed by atoms with E-state index in [9.17, 15) is 4.79 Å². The van der Waals surface area contributed by atoms with Crippen molar-refractivity contribution in [2.75, 3.05) is 26.3 Å². The molecule has 4 nitrogen and oxygen atoms in total. The van der Waals surface area contributed by atoms with E-state index in [1.54, 1.807) is 0 Å². The van der Waals surface area contributed by atoms with E-state index < -0.39 is 0 Å². The summed E-state index contributed by atoms with van der Waals surface area (Å²) in [7, 11) is 0. The highest BCUT2D eigenvalue weighted by atomic mass is 16.5. The van der Waals surface area contributed by atoms with Gasteiger partial charge in [0.1, 0.15) is 0 Å². The Hall–Kier alpha value is -0.610. The highest BCUT2D eigenvalue weighted by Crippen LogP contribution is 2.31. The van der Waals surface area contributed by atoms with Crippen LogP contribution in [0.25, 0.3) is 0 Å². The van der Waals surface area contributed by atoms with Crippen molar-refractivity contribution >= 4 is 5.91 Å². The summed E-state index contributed by atoms with van der Waals surface area (Å²) in [5.74, 6) is 0.284. The fourth-order valence-corrected chi connectivity index (χ4v) is 2.73. The van der Waals surface area contributed by atoms with Gasteiger partial charge in [-0.1, -0.05) is 6.92 Å². The third kappa shape index (κ3) is 2.09. The van der Waals surface area contributed by atoms with E-state index in [0.29, 0.717) is 0 Å². The van der Waals surface area contributed by atoms with Crippen LogP contribution in [0.4, 0.5) is 0 Å². The second-order valence-corrected chi connectivity index (χ2v) is 5.00. The number of likely N-dealkylation sites (tertiary alicyclic amines) is 1. The molecule has 0 radical (unpaired) electrons. The maximum atomic E-state index is 12.2. The zero-order chi connectivity index (χ0) is 11.6. The van der Waals surface area contributed by atoms with E-state index in [4.69, 9.17) is 4.74 Å². The van der Waals surface area contributed by atoms with E-state index in [0.717, 1.165) is 45.6 Å². The highest BCUT2D eigenvalue weighted by Gasteiger charge is 2.42. The molecular formula is C12H22N2O2. The minimum absolute atomic E-state index is 0.0273. The summed E-state index contributed by atoms with van der Waals surface area (Å²) < 4.78 is 5.38. The van der Waals surface area contributed by atoms with Gasteiger partial charge < -0.3 is 15.0 Å². The summed E-state index contributed by atoms with van der Waals surface area (Å²) in [4.78, 5) is 14.3. The lowest BCUT2D eigenvalue weighted by Crippen LogP contribution is -2.52. The molecule has 92 valence electrons. The molecule has 2 fully saturated rings. The van der Waals surface area contributed by atoms with Gasteiger partial charge >= 0.3 is 0 Å². The van der Waals surface area contributed by atoms with Crippen LogP contribution in [0.15, 0.2) is 0 Å². The topological polar surface area (TPSA) is 41.6 Å². The van der Waals surface area contributed by atoms with Crippen LogP contribution in [-0.4, -0.2) is 48.7 Å². The molecule has 1 amide bonds. The number of carbonyl (C=O) groups excluding carboxylic acids is 1. The summed E-state index contributed by atoms with van der Waals surface area (Å²) in [6.45, 7) is 7.57. The van der Waals surface area contributed by atoms with Crippen molar-refractivity contribution in [1.82, 2.24) is 10.2 Å². The van der Waals surface area contributed by atoms with Crippen molar-refractivity contribution in [3.63, 3.8) is 0 Å². The second kappa shape index (κ2) is 4.72. The monoisotopic (exact) mass is 226 g/mol. The molecule has 1 atom stereocenters. The van der Waals surface area contributed by atoms with Gasteiger partial charge in [-0.05, 0) is 32.7 Å². The zero-order valence-corrected chi connectivity index (χ0v) is 10.3. The van der Waals surface area contributed by atoms with Gasteiger partial charge in [-0.25, -0.2) is 0 Å². The van der Waals surface area contributed by atoms with Gasteiger partial charge in [-0.3, -0.25) is 4.79 Å². The van der Waals surface area contributed by atoms with E-state index in [2.05, 4.69) is 17.1 Å². The van der Waals surface area contributed by atoms with Crippen LogP contribution in [0.5, 0.6) is 0 Å². The molecule has 0 aromatic heterocycles. The Labute approximate surface area is 97.3 Å². The molecule has 1 N–H and O–H groups in total. The summed E-state index contributed by atoms with van der Waals surface area (Å²) in [6.07, 6.45) is 2.89. The number of nitrogens with one attached hydrogen (secondary N) is 1. The Morgan fingerprint density at radius 3 is 2.81 bits per heavy atom. The first-order valence-corrected chi connectivity index (χ1v) is 6.30. The highest BCUT2D eigenvalue weighted by molar-refractivity contribution is 5.84. The van der Waals surface area contributed by atoms with Gasteiger partial charge in [-0.2, -0.15) is 0 Å². The molecule has 0 spiro atoms. The van der Waals surface area contributed by atoms with Crippen molar-refractivity contribution < 1.29 is 9.53 Å². The molecular weight excluding hydrogens is 204 g/mol. The number of rotatable bonds is 3. The molecule has 2 aliphatic rings. The second-order valence-electron chi connectivity index (χ2n) is 5.00. The van der Waals surface area contributed by atoms with Crippen LogP contribution < -0.4 is 5.32 Å². The first-order valence-electron chi connectivity index (χ1n) is 6.30. The smallest absolute Gasteiger partial charge is 0.240 e. The summed E-state index contributed by atoms with van der Waals surface area (Å²) in [6, 6.07) is 0.0460. The molecule has 2 saturated heterocycles.